The summed E-state index contributed by atoms with van der Waals surface area (Å²) in [7, 11) is 1.34. The highest BCUT2D eigenvalue weighted by Crippen LogP contribution is 2.23. The molecule has 0 radical (unpaired) electrons. The Kier molecular flexibility index (Phi) is 6.76. The minimum atomic E-state index is -0.652. The molecular formula is C22H24N2O3S. The molecule has 2 aromatic carbocycles. The molecule has 0 bridgehead atoms. The third kappa shape index (κ3) is 4.57. The van der Waals surface area contributed by atoms with Gasteiger partial charge in [0.05, 0.1) is 12.7 Å². The van der Waals surface area contributed by atoms with Crippen LogP contribution < -0.4 is 5.32 Å². The minimum Gasteiger partial charge on any atom is -0.467 e. The standard InChI is InChI=1S/C22H24N2O3S/c1-27-22(26)19(12-13-28-2)23-21(25)18-15-24(14-16-8-4-3-5-9-16)20-11-7-6-10-17(18)20/h3-11,15,19H,12-14H2,1-2H3,(H,23,25)/t19-/m1/s1. The second-order valence-electron chi connectivity index (χ2n) is 6.50. The smallest absolute Gasteiger partial charge is 0.328 e. The van der Waals surface area contributed by atoms with Crippen LogP contribution in [0.4, 0.5) is 0 Å². The number of thioether (sulfide) groups is 1. The second kappa shape index (κ2) is 9.46. The first-order chi connectivity index (χ1) is 13.6. The maximum Gasteiger partial charge on any atom is 0.328 e. The number of nitrogens with zero attached hydrogens (tertiary/aromatic N) is 1. The van der Waals surface area contributed by atoms with Crippen molar-refractivity contribution in [3.63, 3.8) is 0 Å². The van der Waals surface area contributed by atoms with Gasteiger partial charge in [0.15, 0.2) is 0 Å². The van der Waals surface area contributed by atoms with Gasteiger partial charge < -0.3 is 14.6 Å². The second-order valence-corrected chi connectivity index (χ2v) is 7.49. The van der Waals surface area contributed by atoms with Crippen molar-refractivity contribution in [1.82, 2.24) is 9.88 Å². The molecule has 28 heavy (non-hydrogen) atoms. The highest BCUT2D eigenvalue weighted by atomic mass is 32.2. The molecule has 3 rings (SSSR count). The first-order valence-corrected chi connectivity index (χ1v) is 10.5. The van der Waals surface area contributed by atoms with Crippen LogP contribution in [0.1, 0.15) is 22.3 Å². The van der Waals surface area contributed by atoms with Crippen molar-refractivity contribution in [3.8, 4) is 0 Å². The Labute approximate surface area is 169 Å². The molecule has 1 N–H and O–H groups in total. The molecule has 0 unspecified atom stereocenters. The van der Waals surface area contributed by atoms with Gasteiger partial charge in [-0.3, -0.25) is 4.79 Å². The van der Waals surface area contributed by atoms with E-state index in [9.17, 15) is 9.59 Å². The summed E-state index contributed by atoms with van der Waals surface area (Å²) in [5, 5.41) is 3.71. The van der Waals surface area contributed by atoms with Crippen molar-refractivity contribution in [3.05, 3.63) is 71.9 Å². The molecule has 0 aliphatic carbocycles. The summed E-state index contributed by atoms with van der Waals surface area (Å²) in [5.74, 6) is 0.0745. The lowest BCUT2D eigenvalue weighted by Crippen LogP contribution is -2.41. The molecule has 3 aromatic rings. The van der Waals surface area contributed by atoms with Crippen LogP contribution in [0.15, 0.2) is 60.8 Å². The molecule has 5 nitrogen and oxygen atoms in total. The number of nitrogens with one attached hydrogen (secondary N) is 1. The van der Waals surface area contributed by atoms with Gasteiger partial charge in [-0.25, -0.2) is 4.79 Å². The summed E-state index contributed by atoms with van der Waals surface area (Å²) in [6.07, 6.45) is 4.35. The van der Waals surface area contributed by atoms with Crippen LogP contribution in [0.2, 0.25) is 0 Å². The first-order valence-electron chi connectivity index (χ1n) is 9.13. The fraction of sp³-hybridized carbons (Fsp3) is 0.273. The highest BCUT2D eigenvalue weighted by Gasteiger charge is 2.23. The SMILES string of the molecule is COC(=O)[C@@H](CCSC)NC(=O)c1cn(Cc2ccccc2)c2ccccc12. The Morgan fingerprint density at radius 3 is 2.54 bits per heavy atom. The molecule has 0 saturated heterocycles. The van der Waals surface area contributed by atoms with E-state index < -0.39 is 12.0 Å². The van der Waals surface area contributed by atoms with Crippen molar-refractivity contribution < 1.29 is 14.3 Å². The lowest BCUT2D eigenvalue weighted by Gasteiger charge is -2.15. The summed E-state index contributed by atoms with van der Waals surface area (Å²) in [5.41, 5.74) is 2.70. The number of carbonyl (C=O) groups is 2. The van der Waals surface area contributed by atoms with Crippen LogP contribution in [0, 0.1) is 0 Å². The predicted octanol–water partition coefficient (Wildman–Crippen LogP) is 3.71. The van der Waals surface area contributed by atoms with Gasteiger partial charge in [0.1, 0.15) is 6.04 Å². The van der Waals surface area contributed by atoms with E-state index in [-0.39, 0.29) is 5.91 Å². The molecule has 6 heteroatoms. The Bertz CT molecular complexity index is 953. The van der Waals surface area contributed by atoms with E-state index in [0.717, 1.165) is 22.2 Å². The number of fused-ring (bicyclic) bond motifs is 1. The summed E-state index contributed by atoms with van der Waals surface area (Å²) in [6.45, 7) is 0.668. The average Bonchev–Trinajstić information content (AvgIpc) is 3.10. The predicted molar refractivity (Wildman–Crippen MR) is 114 cm³/mol. The van der Waals surface area contributed by atoms with Crippen LogP contribution in [-0.4, -0.2) is 41.6 Å². The first kappa shape index (κ1) is 20.0. The molecule has 0 aliphatic heterocycles. The number of benzene rings is 2. The maximum absolute atomic E-state index is 13.0. The number of hydrogen-bond donors (Lipinski definition) is 1. The van der Waals surface area contributed by atoms with Crippen molar-refractivity contribution in [2.24, 2.45) is 0 Å². The summed E-state index contributed by atoms with van der Waals surface area (Å²) >= 11 is 1.63. The van der Waals surface area contributed by atoms with E-state index in [4.69, 9.17) is 4.74 Å². The number of amides is 1. The molecule has 1 aromatic heterocycles. The quantitative estimate of drug-likeness (QED) is 0.590. The Morgan fingerprint density at radius 1 is 1.11 bits per heavy atom. The summed E-state index contributed by atoms with van der Waals surface area (Å²) in [6, 6.07) is 17.3. The lowest BCUT2D eigenvalue weighted by atomic mass is 10.1. The number of carbonyl (C=O) groups excluding carboxylic acids is 2. The topological polar surface area (TPSA) is 60.3 Å². The van der Waals surface area contributed by atoms with Gasteiger partial charge in [-0.15, -0.1) is 0 Å². The lowest BCUT2D eigenvalue weighted by molar-refractivity contribution is -0.142. The molecule has 0 spiro atoms. The number of methoxy groups -OCH3 is 1. The van der Waals surface area contributed by atoms with Crippen molar-refractivity contribution in [1.29, 1.82) is 0 Å². The van der Waals surface area contributed by atoms with Crippen molar-refractivity contribution >= 4 is 34.5 Å². The zero-order valence-electron chi connectivity index (χ0n) is 16.1. The Morgan fingerprint density at radius 2 is 1.82 bits per heavy atom. The van der Waals surface area contributed by atoms with Gasteiger partial charge in [-0.1, -0.05) is 48.5 Å². The van der Waals surface area contributed by atoms with Crippen molar-refractivity contribution in [2.45, 2.75) is 19.0 Å². The fourth-order valence-corrected chi connectivity index (χ4v) is 3.67. The molecule has 1 atom stereocenters. The van der Waals surface area contributed by atoms with Gasteiger partial charge in [0.2, 0.25) is 0 Å². The molecule has 1 heterocycles. The van der Waals surface area contributed by atoms with E-state index in [1.165, 1.54) is 7.11 Å². The highest BCUT2D eigenvalue weighted by molar-refractivity contribution is 7.98. The number of esters is 1. The van der Waals surface area contributed by atoms with E-state index in [0.29, 0.717) is 18.5 Å². The average molecular weight is 397 g/mol. The molecular weight excluding hydrogens is 372 g/mol. The zero-order chi connectivity index (χ0) is 19.9. The molecule has 0 aliphatic rings. The minimum absolute atomic E-state index is 0.264. The van der Waals surface area contributed by atoms with Crippen LogP contribution in [-0.2, 0) is 16.1 Å². The largest absolute Gasteiger partial charge is 0.467 e. The zero-order valence-corrected chi connectivity index (χ0v) is 16.9. The number of hydrogen-bond acceptors (Lipinski definition) is 4. The summed E-state index contributed by atoms with van der Waals surface area (Å²) in [4.78, 5) is 25.0. The van der Waals surface area contributed by atoms with E-state index >= 15 is 0 Å². The summed E-state index contributed by atoms with van der Waals surface area (Å²) < 4.78 is 6.91. The van der Waals surface area contributed by atoms with Crippen LogP contribution in [0.3, 0.4) is 0 Å². The van der Waals surface area contributed by atoms with E-state index in [1.807, 2.05) is 54.9 Å². The molecule has 0 saturated carbocycles. The fourth-order valence-electron chi connectivity index (χ4n) is 3.20. The number of rotatable bonds is 8. The van der Waals surface area contributed by atoms with Gasteiger partial charge >= 0.3 is 5.97 Å². The third-order valence-corrected chi connectivity index (χ3v) is 5.27. The number of ether oxygens (including phenoxy) is 1. The van der Waals surface area contributed by atoms with Gasteiger partial charge in [0.25, 0.3) is 5.91 Å². The van der Waals surface area contributed by atoms with Crippen molar-refractivity contribution in [2.75, 3.05) is 19.1 Å². The normalized spacial score (nSPS) is 11.9. The number of aromatic nitrogens is 1. The van der Waals surface area contributed by atoms with Gasteiger partial charge in [0, 0.05) is 23.6 Å². The maximum atomic E-state index is 13.0. The monoisotopic (exact) mass is 396 g/mol. The Balaban J connectivity index is 1.89. The molecule has 146 valence electrons. The molecule has 0 fully saturated rings. The van der Waals surface area contributed by atoms with Crippen LogP contribution >= 0.6 is 11.8 Å². The Hall–Kier alpha value is -2.73. The van der Waals surface area contributed by atoms with E-state index in [1.54, 1.807) is 11.8 Å². The van der Waals surface area contributed by atoms with Gasteiger partial charge in [-0.2, -0.15) is 11.8 Å². The third-order valence-electron chi connectivity index (χ3n) is 4.63. The molecule has 1 amide bonds. The van der Waals surface area contributed by atoms with E-state index in [2.05, 4.69) is 22.0 Å². The number of para-hydroxylation sites is 1. The van der Waals surface area contributed by atoms with Crippen LogP contribution in [0.25, 0.3) is 10.9 Å². The van der Waals surface area contributed by atoms with Gasteiger partial charge in [-0.05, 0) is 30.1 Å². The van der Waals surface area contributed by atoms with Crippen LogP contribution in [0.5, 0.6) is 0 Å².